The Morgan fingerprint density at radius 3 is 3.20 bits per heavy atom. The summed E-state index contributed by atoms with van der Waals surface area (Å²) < 4.78 is 31.2. The van der Waals surface area contributed by atoms with Gasteiger partial charge in [0.15, 0.2) is 0 Å². The molecule has 1 saturated heterocycles. The Kier molecular flexibility index (Phi) is 1.21. The number of rotatable bonds is 1. The Balaban J connectivity index is 2.15. The van der Waals surface area contributed by atoms with E-state index in [0.29, 0.717) is 10.9 Å². The number of hydrogen-bond acceptors (Lipinski definition) is 2. The van der Waals surface area contributed by atoms with Crippen LogP contribution in [0.2, 0.25) is 0 Å². The van der Waals surface area contributed by atoms with Crippen molar-refractivity contribution in [3.8, 4) is 5.75 Å². The lowest BCUT2D eigenvalue weighted by Gasteiger charge is -2.07. The molecular formula is C12H14N2O. The molecule has 0 amide bonds. The van der Waals surface area contributed by atoms with Gasteiger partial charge in [-0.2, -0.15) is 0 Å². The Labute approximate surface area is 93.7 Å². The van der Waals surface area contributed by atoms with E-state index in [-0.39, 0.29) is 12.2 Å². The second kappa shape index (κ2) is 3.28. The molecule has 15 heavy (non-hydrogen) atoms. The van der Waals surface area contributed by atoms with Gasteiger partial charge in [0.1, 0.15) is 5.75 Å². The molecule has 0 saturated carbocycles. The maximum Gasteiger partial charge on any atom is 0.125 e. The molecule has 1 unspecified atom stereocenters. The van der Waals surface area contributed by atoms with Crippen molar-refractivity contribution in [3.63, 3.8) is 0 Å². The van der Waals surface area contributed by atoms with Gasteiger partial charge in [0.25, 0.3) is 0 Å². The standard InChI is InChI=1S/C12H14N2O/c15-11-3-1-2-10-12(11)9(7-14-10)8-4-5-13-6-8/h1-3,7-8,13-15H,4-6H2/i5D2,6D2. The lowest BCUT2D eigenvalue weighted by molar-refractivity contribution is 0.481. The van der Waals surface area contributed by atoms with Gasteiger partial charge in [-0.3, -0.25) is 0 Å². The third kappa shape index (κ3) is 1.31. The van der Waals surface area contributed by atoms with E-state index < -0.39 is 18.9 Å². The minimum absolute atomic E-state index is 0.0291. The van der Waals surface area contributed by atoms with Crippen molar-refractivity contribution in [1.82, 2.24) is 10.3 Å². The summed E-state index contributed by atoms with van der Waals surface area (Å²) in [6.45, 7) is -3.59. The monoisotopic (exact) mass is 206 g/mol. The number of phenolic OH excluding ortho intramolecular Hbond substituents is 1. The van der Waals surface area contributed by atoms with Crippen molar-refractivity contribution in [2.75, 3.05) is 13.0 Å². The highest BCUT2D eigenvalue weighted by molar-refractivity contribution is 5.89. The third-order valence-electron chi connectivity index (χ3n) is 2.73. The molecule has 1 aliphatic heterocycles. The Morgan fingerprint density at radius 2 is 2.40 bits per heavy atom. The Morgan fingerprint density at radius 1 is 1.47 bits per heavy atom. The van der Waals surface area contributed by atoms with Gasteiger partial charge in [0, 0.05) is 29.1 Å². The number of fused-ring (bicyclic) bond motifs is 1. The van der Waals surface area contributed by atoms with Gasteiger partial charge >= 0.3 is 0 Å². The van der Waals surface area contributed by atoms with Crippen molar-refractivity contribution in [3.05, 3.63) is 30.0 Å². The molecule has 0 bridgehead atoms. The zero-order valence-corrected chi connectivity index (χ0v) is 8.04. The zero-order chi connectivity index (χ0) is 13.8. The first-order chi connectivity index (χ1) is 8.80. The number of aromatic amines is 1. The summed E-state index contributed by atoms with van der Waals surface area (Å²) in [5.74, 6) is -0.568. The molecule has 1 atom stereocenters. The molecular weight excluding hydrogens is 188 g/mol. The number of aromatic hydroxyl groups is 1. The minimum atomic E-state index is -1.85. The quantitative estimate of drug-likeness (QED) is 0.668. The van der Waals surface area contributed by atoms with E-state index in [4.69, 9.17) is 5.48 Å². The van der Waals surface area contributed by atoms with E-state index in [1.807, 2.05) is 0 Å². The van der Waals surface area contributed by atoms with Crippen LogP contribution in [-0.4, -0.2) is 23.1 Å². The zero-order valence-electron chi connectivity index (χ0n) is 12.0. The van der Waals surface area contributed by atoms with Gasteiger partial charge < -0.3 is 15.4 Å². The maximum atomic E-state index is 9.94. The van der Waals surface area contributed by atoms with E-state index in [2.05, 4.69) is 10.3 Å². The predicted octanol–water partition coefficient (Wildman–Crippen LogP) is 1.95. The molecule has 0 spiro atoms. The fourth-order valence-electron chi connectivity index (χ4n) is 2.00. The number of aromatic nitrogens is 1. The van der Waals surface area contributed by atoms with Crippen LogP contribution >= 0.6 is 0 Å². The fourth-order valence-corrected chi connectivity index (χ4v) is 2.00. The molecule has 3 nitrogen and oxygen atoms in total. The molecule has 3 N–H and O–H groups in total. The van der Waals surface area contributed by atoms with E-state index >= 15 is 0 Å². The largest absolute Gasteiger partial charge is 0.507 e. The Bertz CT molecular complexity index is 638. The first-order valence-corrected chi connectivity index (χ1v) is 4.88. The molecule has 1 aromatic heterocycles. The second-order valence-corrected chi connectivity index (χ2v) is 3.65. The van der Waals surface area contributed by atoms with Gasteiger partial charge in [-0.05, 0) is 36.5 Å². The summed E-state index contributed by atoms with van der Waals surface area (Å²) in [5, 5.41) is 12.9. The minimum Gasteiger partial charge on any atom is -0.507 e. The molecule has 0 aliphatic carbocycles. The normalized spacial score (nSPS) is 31.9. The van der Waals surface area contributed by atoms with Crippen molar-refractivity contribution >= 4 is 10.9 Å². The third-order valence-corrected chi connectivity index (χ3v) is 2.73. The number of hydrogen-bond donors (Lipinski definition) is 3. The van der Waals surface area contributed by atoms with Gasteiger partial charge in [-0.15, -0.1) is 0 Å². The van der Waals surface area contributed by atoms with Crippen LogP contribution in [0.25, 0.3) is 10.9 Å². The average molecular weight is 206 g/mol. The first-order valence-electron chi connectivity index (χ1n) is 6.88. The van der Waals surface area contributed by atoms with E-state index in [1.54, 1.807) is 24.4 Å². The van der Waals surface area contributed by atoms with Crippen LogP contribution in [0.5, 0.6) is 5.75 Å². The maximum absolute atomic E-state index is 9.94. The van der Waals surface area contributed by atoms with Gasteiger partial charge in [-0.1, -0.05) is 6.07 Å². The predicted molar refractivity (Wildman–Crippen MR) is 60.2 cm³/mol. The van der Waals surface area contributed by atoms with Crippen LogP contribution in [0.4, 0.5) is 0 Å². The van der Waals surface area contributed by atoms with E-state index in [1.165, 1.54) is 0 Å². The summed E-state index contributed by atoms with van der Waals surface area (Å²) in [7, 11) is 0. The van der Waals surface area contributed by atoms with Gasteiger partial charge in [-0.25, -0.2) is 0 Å². The van der Waals surface area contributed by atoms with Crippen LogP contribution in [0.3, 0.4) is 0 Å². The highest BCUT2D eigenvalue weighted by atomic mass is 16.3. The molecule has 1 aromatic carbocycles. The number of benzene rings is 1. The first kappa shape index (κ1) is 5.56. The van der Waals surface area contributed by atoms with Crippen LogP contribution in [0.1, 0.15) is 23.4 Å². The molecule has 1 fully saturated rings. The van der Waals surface area contributed by atoms with E-state index in [0.717, 1.165) is 5.52 Å². The average Bonchev–Trinajstić information content (AvgIpc) is 2.77. The highest BCUT2D eigenvalue weighted by Gasteiger charge is 2.20. The second-order valence-electron chi connectivity index (χ2n) is 3.65. The van der Waals surface area contributed by atoms with Crippen molar-refractivity contribution < 1.29 is 10.6 Å². The van der Waals surface area contributed by atoms with Crippen LogP contribution in [0.15, 0.2) is 24.4 Å². The fraction of sp³-hybridized carbons (Fsp3) is 0.333. The van der Waals surface area contributed by atoms with Crippen molar-refractivity contribution in [2.45, 2.75) is 12.3 Å². The lowest BCUT2D eigenvalue weighted by Crippen LogP contribution is -2.07. The van der Waals surface area contributed by atoms with Crippen LogP contribution < -0.4 is 5.32 Å². The van der Waals surface area contributed by atoms with Crippen molar-refractivity contribution in [1.29, 1.82) is 0 Å². The topological polar surface area (TPSA) is 48.0 Å². The van der Waals surface area contributed by atoms with Crippen LogP contribution in [0, 0.1) is 0 Å². The molecule has 3 rings (SSSR count). The van der Waals surface area contributed by atoms with E-state index in [9.17, 15) is 5.11 Å². The van der Waals surface area contributed by atoms with Crippen LogP contribution in [-0.2, 0) is 0 Å². The summed E-state index contributed by atoms with van der Waals surface area (Å²) in [6.07, 6.45) is 1.68. The lowest BCUT2D eigenvalue weighted by atomic mass is 9.97. The van der Waals surface area contributed by atoms with Crippen molar-refractivity contribution in [2.24, 2.45) is 0 Å². The summed E-state index contributed by atoms with van der Waals surface area (Å²) in [5.41, 5.74) is 1.32. The Hall–Kier alpha value is -1.48. The SMILES string of the molecule is [2H]C1([2H])CC(c2c[nH]c3cccc(O)c23)C([2H])([2H])N1. The number of H-pyrrole nitrogens is 1. The molecule has 2 heterocycles. The molecule has 3 heteroatoms. The molecule has 78 valence electrons. The number of phenols is 1. The summed E-state index contributed by atoms with van der Waals surface area (Å²) in [4.78, 5) is 2.99. The summed E-state index contributed by atoms with van der Waals surface area (Å²) in [6, 6.07) is 5.05. The molecule has 1 aliphatic rings. The van der Waals surface area contributed by atoms with Gasteiger partial charge in [0.2, 0.25) is 0 Å². The number of nitrogens with one attached hydrogen (secondary N) is 2. The molecule has 0 radical (unpaired) electrons. The highest BCUT2D eigenvalue weighted by Crippen LogP contribution is 2.34. The van der Waals surface area contributed by atoms with Gasteiger partial charge in [0.05, 0.1) is 0 Å². The molecule has 2 aromatic rings. The summed E-state index contributed by atoms with van der Waals surface area (Å²) >= 11 is 0. The smallest absolute Gasteiger partial charge is 0.125 e.